The van der Waals surface area contributed by atoms with E-state index in [9.17, 15) is 9.59 Å². The molecule has 0 atom stereocenters. The third-order valence-corrected chi connectivity index (χ3v) is 5.47. The van der Waals surface area contributed by atoms with Crippen molar-refractivity contribution in [3.8, 4) is 0 Å². The maximum atomic E-state index is 13.0. The lowest BCUT2D eigenvalue weighted by atomic mass is 9.80. The molecule has 0 aromatic heterocycles. The Balaban J connectivity index is 1.54. The van der Waals surface area contributed by atoms with E-state index < -0.39 is 0 Å². The van der Waals surface area contributed by atoms with E-state index in [0.717, 1.165) is 38.5 Å². The summed E-state index contributed by atoms with van der Waals surface area (Å²) in [6.45, 7) is 4.82. The molecule has 0 spiro atoms. The van der Waals surface area contributed by atoms with Crippen molar-refractivity contribution in [2.45, 2.75) is 71.0 Å². The van der Waals surface area contributed by atoms with Crippen LogP contribution in [0.4, 0.5) is 0 Å². The Bertz CT molecular complexity index is 587. The molecule has 0 bridgehead atoms. The second-order valence-corrected chi connectivity index (χ2v) is 7.88. The van der Waals surface area contributed by atoms with Gasteiger partial charge in [-0.2, -0.15) is 0 Å². The Morgan fingerprint density at radius 1 is 1.00 bits per heavy atom. The van der Waals surface area contributed by atoms with Crippen LogP contribution in [0, 0.1) is 11.8 Å². The summed E-state index contributed by atoms with van der Waals surface area (Å²) < 4.78 is 0. The summed E-state index contributed by atoms with van der Waals surface area (Å²) in [6.07, 6.45) is 5.60. The number of carbonyl (C=O) groups excluding carboxylic acids is 2. The van der Waals surface area contributed by atoms with E-state index >= 15 is 0 Å². The molecular weight excluding hydrogens is 312 g/mol. The molecule has 0 saturated heterocycles. The fourth-order valence-electron chi connectivity index (χ4n) is 3.68. The Morgan fingerprint density at radius 2 is 1.60 bits per heavy atom. The molecule has 4 nitrogen and oxygen atoms in total. The maximum Gasteiger partial charge on any atom is 0.226 e. The smallest absolute Gasteiger partial charge is 0.226 e. The SMILES string of the molecule is CC(C)N(Cc1ccccc1)C(=O)C1CCC(C(=O)NC2CC2)CC1. The predicted molar refractivity (Wildman–Crippen MR) is 98.7 cm³/mol. The van der Waals surface area contributed by atoms with Crippen molar-refractivity contribution in [3.05, 3.63) is 35.9 Å². The molecule has 2 aliphatic rings. The molecule has 0 radical (unpaired) electrons. The first-order valence-electron chi connectivity index (χ1n) is 9.69. The number of hydrogen-bond acceptors (Lipinski definition) is 2. The summed E-state index contributed by atoms with van der Waals surface area (Å²) in [5.74, 6) is 0.626. The molecule has 4 heteroatoms. The molecule has 136 valence electrons. The number of rotatable bonds is 6. The van der Waals surface area contributed by atoms with Gasteiger partial charge in [0, 0.05) is 30.5 Å². The van der Waals surface area contributed by atoms with Gasteiger partial charge in [0.2, 0.25) is 11.8 Å². The van der Waals surface area contributed by atoms with Crippen LogP contribution in [0.25, 0.3) is 0 Å². The van der Waals surface area contributed by atoms with Crippen LogP contribution in [0.3, 0.4) is 0 Å². The average molecular weight is 342 g/mol. The highest BCUT2D eigenvalue weighted by Crippen LogP contribution is 2.32. The van der Waals surface area contributed by atoms with Crippen LogP contribution in [0.5, 0.6) is 0 Å². The van der Waals surface area contributed by atoms with Gasteiger partial charge in [-0.25, -0.2) is 0 Å². The third kappa shape index (κ3) is 4.83. The van der Waals surface area contributed by atoms with Gasteiger partial charge in [0.05, 0.1) is 0 Å². The molecule has 2 saturated carbocycles. The lowest BCUT2D eigenvalue weighted by molar-refractivity contribution is -0.140. The maximum absolute atomic E-state index is 13.0. The molecule has 0 unspecified atom stereocenters. The van der Waals surface area contributed by atoms with E-state index in [1.165, 1.54) is 5.56 Å². The molecule has 25 heavy (non-hydrogen) atoms. The van der Waals surface area contributed by atoms with Crippen LogP contribution >= 0.6 is 0 Å². The van der Waals surface area contributed by atoms with Crippen molar-refractivity contribution >= 4 is 11.8 Å². The minimum atomic E-state index is 0.0658. The van der Waals surface area contributed by atoms with Crippen molar-refractivity contribution in [3.63, 3.8) is 0 Å². The van der Waals surface area contributed by atoms with E-state index in [1.54, 1.807) is 0 Å². The second kappa shape index (κ2) is 8.03. The quantitative estimate of drug-likeness (QED) is 0.860. The lowest BCUT2D eigenvalue weighted by Gasteiger charge is -2.34. The number of benzene rings is 1. The van der Waals surface area contributed by atoms with Crippen molar-refractivity contribution in [1.29, 1.82) is 0 Å². The van der Waals surface area contributed by atoms with Gasteiger partial charge in [0.15, 0.2) is 0 Å². The predicted octanol–water partition coefficient (Wildman–Crippen LogP) is 3.51. The van der Waals surface area contributed by atoms with Gasteiger partial charge >= 0.3 is 0 Å². The summed E-state index contributed by atoms with van der Waals surface area (Å²) >= 11 is 0. The second-order valence-electron chi connectivity index (χ2n) is 7.88. The van der Waals surface area contributed by atoms with Crippen LogP contribution in [-0.4, -0.2) is 28.8 Å². The molecular formula is C21H30N2O2. The van der Waals surface area contributed by atoms with Crippen molar-refractivity contribution in [2.75, 3.05) is 0 Å². The Kier molecular flexibility index (Phi) is 5.77. The summed E-state index contributed by atoms with van der Waals surface area (Å²) in [7, 11) is 0. The lowest BCUT2D eigenvalue weighted by Crippen LogP contribution is -2.42. The fourth-order valence-corrected chi connectivity index (χ4v) is 3.68. The standard InChI is InChI=1S/C21H30N2O2/c1-15(2)23(14-16-6-4-3-5-7-16)21(25)18-10-8-17(9-11-18)20(24)22-19-12-13-19/h3-7,15,17-19H,8-14H2,1-2H3,(H,22,24). The number of carbonyl (C=O) groups is 2. The van der Waals surface area contributed by atoms with Crippen LogP contribution in [0.2, 0.25) is 0 Å². The van der Waals surface area contributed by atoms with Crippen molar-refractivity contribution in [2.24, 2.45) is 11.8 Å². The third-order valence-electron chi connectivity index (χ3n) is 5.47. The summed E-state index contributed by atoms with van der Waals surface area (Å²) in [5.41, 5.74) is 1.17. The molecule has 1 N–H and O–H groups in total. The van der Waals surface area contributed by atoms with Crippen LogP contribution in [0.15, 0.2) is 30.3 Å². The fraction of sp³-hybridized carbons (Fsp3) is 0.619. The number of nitrogens with zero attached hydrogens (tertiary/aromatic N) is 1. The van der Waals surface area contributed by atoms with E-state index in [0.29, 0.717) is 12.6 Å². The van der Waals surface area contributed by atoms with Crippen molar-refractivity contribution in [1.82, 2.24) is 10.2 Å². The topological polar surface area (TPSA) is 49.4 Å². The average Bonchev–Trinajstić information content (AvgIpc) is 3.44. The van der Waals surface area contributed by atoms with Gasteiger partial charge in [-0.15, -0.1) is 0 Å². The number of amides is 2. The molecule has 3 rings (SSSR count). The first-order chi connectivity index (χ1) is 12.0. The summed E-state index contributed by atoms with van der Waals surface area (Å²) in [5, 5.41) is 3.11. The summed E-state index contributed by atoms with van der Waals surface area (Å²) in [6, 6.07) is 10.8. The Labute approximate surface area is 151 Å². The largest absolute Gasteiger partial charge is 0.353 e. The van der Waals surface area contributed by atoms with Gasteiger partial charge in [-0.3, -0.25) is 9.59 Å². The first-order valence-corrected chi connectivity index (χ1v) is 9.69. The van der Waals surface area contributed by atoms with Gasteiger partial charge in [0.25, 0.3) is 0 Å². The zero-order valence-corrected chi connectivity index (χ0v) is 15.4. The molecule has 2 aliphatic carbocycles. The number of nitrogens with one attached hydrogen (secondary N) is 1. The molecule has 1 aromatic carbocycles. The van der Waals surface area contributed by atoms with Crippen LogP contribution in [0.1, 0.15) is 57.9 Å². The minimum absolute atomic E-state index is 0.0658. The van der Waals surface area contributed by atoms with Crippen LogP contribution in [-0.2, 0) is 16.1 Å². The molecule has 0 aliphatic heterocycles. The van der Waals surface area contributed by atoms with Crippen LogP contribution < -0.4 is 5.32 Å². The Morgan fingerprint density at radius 3 is 2.16 bits per heavy atom. The van der Waals surface area contributed by atoms with Gasteiger partial charge in [-0.05, 0) is 57.9 Å². The minimum Gasteiger partial charge on any atom is -0.353 e. The van der Waals surface area contributed by atoms with E-state index in [1.807, 2.05) is 23.1 Å². The van der Waals surface area contributed by atoms with Crippen molar-refractivity contribution < 1.29 is 9.59 Å². The normalized spacial score (nSPS) is 23.3. The van der Waals surface area contributed by atoms with E-state index in [2.05, 4.69) is 31.3 Å². The van der Waals surface area contributed by atoms with Gasteiger partial charge < -0.3 is 10.2 Å². The molecule has 2 fully saturated rings. The zero-order chi connectivity index (χ0) is 17.8. The monoisotopic (exact) mass is 342 g/mol. The molecule has 2 amide bonds. The van der Waals surface area contributed by atoms with E-state index in [-0.39, 0.29) is 29.7 Å². The van der Waals surface area contributed by atoms with Gasteiger partial charge in [0.1, 0.15) is 0 Å². The first kappa shape index (κ1) is 18.0. The van der Waals surface area contributed by atoms with Gasteiger partial charge in [-0.1, -0.05) is 30.3 Å². The van der Waals surface area contributed by atoms with E-state index in [4.69, 9.17) is 0 Å². The molecule has 1 aromatic rings. The number of hydrogen-bond donors (Lipinski definition) is 1. The molecule has 0 heterocycles. The highest BCUT2D eigenvalue weighted by molar-refractivity contribution is 5.81. The zero-order valence-electron chi connectivity index (χ0n) is 15.4. The Hall–Kier alpha value is -1.84. The summed E-state index contributed by atoms with van der Waals surface area (Å²) in [4.78, 5) is 27.2. The highest BCUT2D eigenvalue weighted by atomic mass is 16.2. The highest BCUT2D eigenvalue weighted by Gasteiger charge is 2.34.